The standard InChI is InChI=1S/C11H25N2O4P/c1-2-3-4-5-6-7-8-12-11(14)13-9-10-18(15,16)17/h2-10H2,1H3,(H2,12,13,14)(H2,15,16,17). The van der Waals surface area contributed by atoms with Crippen LogP contribution in [-0.2, 0) is 4.57 Å². The SMILES string of the molecule is CCCCCCCCNC(=O)NCCP(=O)(O)O. The van der Waals surface area contributed by atoms with E-state index in [4.69, 9.17) is 9.79 Å². The number of carbonyl (C=O) groups excluding carboxylic acids is 1. The summed E-state index contributed by atoms with van der Waals surface area (Å²) in [7, 11) is -4.01. The van der Waals surface area contributed by atoms with Crippen LogP contribution in [0.3, 0.4) is 0 Å². The molecule has 0 radical (unpaired) electrons. The second-order valence-corrected chi connectivity index (χ2v) is 6.12. The van der Waals surface area contributed by atoms with Crippen LogP contribution in [0.5, 0.6) is 0 Å². The molecule has 0 bridgehead atoms. The molecule has 0 aromatic carbocycles. The lowest BCUT2D eigenvalue weighted by molar-refractivity contribution is 0.241. The van der Waals surface area contributed by atoms with Crippen LogP contribution in [0, 0.1) is 0 Å². The van der Waals surface area contributed by atoms with Crippen molar-refractivity contribution in [2.75, 3.05) is 19.3 Å². The van der Waals surface area contributed by atoms with Gasteiger partial charge in [0.15, 0.2) is 0 Å². The summed E-state index contributed by atoms with van der Waals surface area (Å²) in [6, 6.07) is -0.364. The number of nitrogens with one attached hydrogen (secondary N) is 2. The van der Waals surface area contributed by atoms with E-state index < -0.39 is 7.60 Å². The molecule has 0 saturated heterocycles. The molecule has 0 aliphatic carbocycles. The lowest BCUT2D eigenvalue weighted by atomic mass is 10.1. The van der Waals surface area contributed by atoms with Gasteiger partial charge in [0, 0.05) is 13.1 Å². The Balaban J connectivity index is 3.30. The van der Waals surface area contributed by atoms with E-state index in [9.17, 15) is 9.36 Å². The lowest BCUT2D eigenvalue weighted by Gasteiger charge is -2.08. The minimum atomic E-state index is -4.01. The second kappa shape index (κ2) is 10.4. The van der Waals surface area contributed by atoms with E-state index in [2.05, 4.69) is 17.6 Å². The molecule has 2 amide bonds. The van der Waals surface area contributed by atoms with Gasteiger partial charge in [0.25, 0.3) is 0 Å². The molecule has 0 rings (SSSR count). The summed E-state index contributed by atoms with van der Waals surface area (Å²) in [5.74, 6) is 0. The molecule has 0 aromatic heterocycles. The van der Waals surface area contributed by atoms with Gasteiger partial charge >= 0.3 is 13.6 Å². The van der Waals surface area contributed by atoms with Crippen molar-refractivity contribution in [1.29, 1.82) is 0 Å². The Morgan fingerprint density at radius 1 is 1.00 bits per heavy atom. The largest absolute Gasteiger partial charge is 0.338 e. The van der Waals surface area contributed by atoms with Crippen LogP contribution in [0.1, 0.15) is 45.4 Å². The Labute approximate surface area is 109 Å². The van der Waals surface area contributed by atoms with Gasteiger partial charge in [-0.3, -0.25) is 4.57 Å². The van der Waals surface area contributed by atoms with Gasteiger partial charge in [0.1, 0.15) is 0 Å². The zero-order valence-electron chi connectivity index (χ0n) is 11.0. The van der Waals surface area contributed by atoms with Gasteiger partial charge in [-0.15, -0.1) is 0 Å². The van der Waals surface area contributed by atoms with Crippen LogP contribution in [0.2, 0.25) is 0 Å². The number of hydrogen-bond acceptors (Lipinski definition) is 2. The van der Waals surface area contributed by atoms with E-state index in [-0.39, 0.29) is 18.7 Å². The van der Waals surface area contributed by atoms with Crippen molar-refractivity contribution < 1.29 is 19.1 Å². The highest BCUT2D eigenvalue weighted by Gasteiger charge is 2.12. The van der Waals surface area contributed by atoms with Gasteiger partial charge < -0.3 is 20.4 Å². The number of hydrogen-bond donors (Lipinski definition) is 4. The zero-order valence-corrected chi connectivity index (χ0v) is 11.9. The van der Waals surface area contributed by atoms with E-state index in [1.54, 1.807) is 0 Å². The summed E-state index contributed by atoms with van der Waals surface area (Å²) in [6.45, 7) is 2.77. The second-order valence-electron chi connectivity index (χ2n) is 4.34. The molecule has 0 unspecified atom stereocenters. The average Bonchev–Trinajstić information content (AvgIpc) is 2.26. The number of unbranched alkanes of at least 4 members (excludes halogenated alkanes) is 5. The third kappa shape index (κ3) is 13.5. The van der Waals surface area contributed by atoms with Crippen molar-refractivity contribution in [3.05, 3.63) is 0 Å². The van der Waals surface area contributed by atoms with E-state index in [1.807, 2.05) is 0 Å². The topological polar surface area (TPSA) is 98.7 Å². The van der Waals surface area contributed by atoms with Crippen LogP contribution in [0.4, 0.5) is 4.79 Å². The minimum absolute atomic E-state index is 0.00733. The highest BCUT2D eigenvalue weighted by molar-refractivity contribution is 7.51. The summed E-state index contributed by atoms with van der Waals surface area (Å²) in [5.41, 5.74) is 0. The zero-order chi connectivity index (χ0) is 13.9. The molecule has 0 atom stereocenters. The first-order valence-electron chi connectivity index (χ1n) is 6.52. The fraction of sp³-hybridized carbons (Fsp3) is 0.909. The monoisotopic (exact) mass is 280 g/mol. The normalized spacial score (nSPS) is 11.3. The fourth-order valence-corrected chi connectivity index (χ4v) is 1.89. The maximum Gasteiger partial charge on any atom is 0.327 e. The Bertz CT molecular complexity index is 268. The molecule has 4 N–H and O–H groups in total. The van der Waals surface area contributed by atoms with Crippen molar-refractivity contribution in [2.24, 2.45) is 0 Å². The minimum Gasteiger partial charge on any atom is -0.338 e. The molecule has 0 fully saturated rings. The van der Waals surface area contributed by atoms with Crippen molar-refractivity contribution in [2.45, 2.75) is 45.4 Å². The summed E-state index contributed by atoms with van der Waals surface area (Å²) < 4.78 is 10.5. The van der Waals surface area contributed by atoms with Crippen molar-refractivity contribution in [3.63, 3.8) is 0 Å². The van der Waals surface area contributed by atoms with E-state index in [0.29, 0.717) is 6.54 Å². The number of amides is 2. The number of carbonyl (C=O) groups is 1. The first-order valence-corrected chi connectivity index (χ1v) is 8.31. The molecule has 0 aliphatic heterocycles. The van der Waals surface area contributed by atoms with E-state index in [0.717, 1.165) is 12.8 Å². The summed E-state index contributed by atoms with van der Waals surface area (Å²) in [6.07, 6.45) is 6.63. The smallest absolute Gasteiger partial charge is 0.327 e. The van der Waals surface area contributed by atoms with Gasteiger partial charge in [-0.1, -0.05) is 39.0 Å². The number of rotatable bonds is 10. The molecule has 0 spiro atoms. The molecule has 18 heavy (non-hydrogen) atoms. The summed E-state index contributed by atoms with van der Waals surface area (Å²) in [5, 5.41) is 5.06. The Morgan fingerprint density at radius 3 is 2.17 bits per heavy atom. The van der Waals surface area contributed by atoms with Crippen molar-refractivity contribution >= 4 is 13.6 Å². The summed E-state index contributed by atoms with van der Waals surface area (Å²) in [4.78, 5) is 28.4. The Kier molecular flexibility index (Phi) is 10.0. The number of urea groups is 1. The molecule has 7 heteroatoms. The maximum atomic E-state index is 11.2. The molecule has 6 nitrogen and oxygen atoms in total. The Morgan fingerprint density at radius 2 is 1.56 bits per heavy atom. The van der Waals surface area contributed by atoms with Gasteiger partial charge in [-0.05, 0) is 6.42 Å². The van der Waals surface area contributed by atoms with Crippen molar-refractivity contribution in [3.8, 4) is 0 Å². The van der Waals surface area contributed by atoms with Crippen LogP contribution >= 0.6 is 7.60 Å². The third-order valence-corrected chi connectivity index (χ3v) is 3.31. The molecule has 0 aromatic rings. The first kappa shape index (κ1) is 17.4. The fourth-order valence-electron chi connectivity index (χ4n) is 1.48. The molecule has 0 saturated carbocycles. The average molecular weight is 280 g/mol. The molecule has 0 heterocycles. The van der Waals surface area contributed by atoms with Gasteiger partial charge in [-0.25, -0.2) is 4.79 Å². The predicted octanol–water partition coefficient (Wildman–Crippen LogP) is 1.82. The van der Waals surface area contributed by atoms with Gasteiger partial charge in [0.2, 0.25) is 0 Å². The van der Waals surface area contributed by atoms with E-state index in [1.165, 1.54) is 25.7 Å². The molecular formula is C11H25N2O4P. The van der Waals surface area contributed by atoms with Gasteiger partial charge in [0.05, 0.1) is 6.16 Å². The quantitative estimate of drug-likeness (QED) is 0.362. The lowest BCUT2D eigenvalue weighted by Crippen LogP contribution is -2.37. The predicted molar refractivity (Wildman–Crippen MR) is 71.7 cm³/mol. The van der Waals surface area contributed by atoms with Crippen LogP contribution in [0.15, 0.2) is 0 Å². The molecule has 108 valence electrons. The highest BCUT2D eigenvalue weighted by atomic mass is 31.2. The highest BCUT2D eigenvalue weighted by Crippen LogP contribution is 2.32. The molecule has 0 aliphatic rings. The Hall–Kier alpha value is -0.580. The molecular weight excluding hydrogens is 255 g/mol. The van der Waals surface area contributed by atoms with E-state index >= 15 is 0 Å². The summed E-state index contributed by atoms with van der Waals surface area (Å²) >= 11 is 0. The van der Waals surface area contributed by atoms with Crippen LogP contribution in [-0.4, -0.2) is 35.1 Å². The van der Waals surface area contributed by atoms with Gasteiger partial charge in [-0.2, -0.15) is 0 Å². The van der Waals surface area contributed by atoms with Crippen LogP contribution < -0.4 is 10.6 Å². The third-order valence-electron chi connectivity index (χ3n) is 2.50. The maximum absolute atomic E-state index is 11.2. The van der Waals surface area contributed by atoms with Crippen LogP contribution in [0.25, 0.3) is 0 Å². The first-order chi connectivity index (χ1) is 8.45. The van der Waals surface area contributed by atoms with Crippen molar-refractivity contribution in [1.82, 2.24) is 10.6 Å².